The van der Waals surface area contributed by atoms with Gasteiger partial charge in [0.2, 0.25) is 0 Å². The second-order valence-corrected chi connectivity index (χ2v) is 16.9. The monoisotopic (exact) mass is 614 g/mol. The molecule has 0 fully saturated rings. The predicted octanol–water partition coefficient (Wildman–Crippen LogP) is 4.56. The van der Waals surface area contributed by atoms with Gasteiger partial charge in [-0.15, -0.1) is 0 Å². The average molecular weight is 615 g/mol. The molecule has 0 aliphatic rings. The molecular weight excluding hydrogens is 581 g/mol. The van der Waals surface area contributed by atoms with Gasteiger partial charge in [0.05, 0.1) is 0 Å². The molecule has 0 aromatic heterocycles. The van der Waals surface area contributed by atoms with Crippen molar-refractivity contribution in [3.05, 3.63) is 72.8 Å². The molecule has 0 aliphatic heterocycles. The van der Waals surface area contributed by atoms with Gasteiger partial charge in [-0.3, -0.25) is 0 Å². The maximum atomic E-state index is 5.86. The first-order valence-corrected chi connectivity index (χ1v) is 16.1. The number of hydrogen-bond donors (Lipinski definition) is 0. The molecule has 3 rings (SSSR count). The van der Waals surface area contributed by atoms with Gasteiger partial charge in [0.1, 0.15) is 0 Å². The third-order valence-electron chi connectivity index (χ3n) is 4.40. The molecule has 31 heavy (non-hydrogen) atoms. The van der Waals surface area contributed by atoms with Crippen molar-refractivity contribution in [3.63, 3.8) is 0 Å². The zero-order valence-electron chi connectivity index (χ0n) is 19.3. The van der Waals surface area contributed by atoms with Gasteiger partial charge in [-0.1, -0.05) is 0 Å². The van der Waals surface area contributed by atoms with Crippen molar-refractivity contribution in [2.75, 3.05) is 0 Å². The van der Waals surface area contributed by atoms with Gasteiger partial charge in [-0.2, -0.15) is 0 Å². The Kier molecular flexibility index (Phi) is 8.38. The first-order valence-electron chi connectivity index (χ1n) is 10.9. The van der Waals surface area contributed by atoms with Crippen LogP contribution in [0.4, 0.5) is 0 Å². The van der Waals surface area contributed by atoms with Crippen LogP contribution in [0, 0.1) is 0 Å². The van der Waals surface area contributed by atoms with E-state index >= 15 is 0 Å². The van der Waals surface area contributed by atoms with Crippen LogP contribution in [-0.4, -0.2) is 40.1 Å². The Morgan fingerprint density at radius 2 is 0.645 bits per heavy atom. The van der Waals surface area contributed by atoms with Gasteiger partial charge >= 0.3 is 196 Å². The number of rotatable bonds is 9. The molecule has 3 nitrogen and oxygen atoms in total. The van der Waals surface area contributed by atoms with Crippen molar-refractivity contribution in [1.82, 2.24) is 0 Å². The average Bonchev–Trinajstić information content (AvgIpc) is 2.71. The molecule has 0 saturated heterocycles. The Balaban J connectivity index is 1.95. The van der Waals surface area contributed by atoms with Crippen molar-refractivity contribution in [2.45, 2.75) is 59.9 Å². The minimum atomic E-state index is -2.46. The Bertz CT molecular complexity index is 803. The van der Waals surface area contributed by atoms with Crippen LogP contribution in [-0.2, 0) is 0 Å². The van der Waals surface area contributed by atoms with Crippen molar-refractivity contribution >= 4 is 31.6 Å². The van der Waals surface area contributed by atoms with Crippen molar-refractivity contribution < 1.29 is 14.2 Å². The molecule has 164 valence electrons. The van der Waals surface area contributed by atoms with Gasteiger partial charge in [0.15, 0.2) is 0 Å². The van der Waals surface area contributed by atoms with Crippen LogP contribution >= 0.6 is 0 Å². The summed E-state index contributed by atoms with van der Waals surface area (Å²) in [4.78, 5) is 0. The van der Waals surface area contributed by atoms with Crippen LogP contribution in [0.2, 0.25) is 0 Å². The fraction of sp³-hybridized carbons (Fsp3) is 0.333. The Hall–Kier alpha value is -2.06. The molecule has 3 aromatic carbocycles. The predicted molar refractivity (Wildman–Crippen MR) is 131 cm³/mol. The van der Waals surface area contributed by atoms with Crippen LogP contribution in [0.5, 0.6) is 17.2 Å². The summed E-state index contributed by atoms with van der Waals surface area (Å²) in [6.45, 7) is 12.3. The molecule has 0 amide bonds. The van der Waals surface area contributed by atoms with Crippen molar-refractivity contribution in [3.8, 4) is 17.2 Å². The Morgan fingerprint density at radius 1 is 0.419 bits per heavy atom. The van der Waals surface area contributed by atoms with E-state index in [-0.39, 0.29) is 18.3 Å². The van der Waals surface area contributed by atoms with Crippen LogP contribution in [0.25, 0.3) is 0 Å². The summed E-state index contributed by atoms with van der Waals surface area (Å²) in [7, 11) is 0. The van der Waals surface area contributed by atoms with Gasteiger partial charge in [0, 0.05) is 0 Å². The Morgan fingerprint density at radius 3 is 0.839 bits per heavy atom. The summed E-state index contributed by atoms with van der Waals surface area (Å²) in [5.41, 5.74) is 0. The zero-order valence-corrected chi connectivity index (χ0v) is 22.8. The van der Waals surface area contributed by atoms with E-state index in [1.807, 2.05) is 0 Å². The molecule has 0 N–H and O–H groups in total. The normalized spacial score (nSPS) is 11.4. The van der Waals surface area contributed by atoms with Gasteiger partial charge in [0.25, 0.3) is 0 Å². The first kappa shape index (κ1) is 23.6. The molecule has 0 bridgehead atoms. The third kappa shape index (κ3) is 6.97. The van der Waals surface area contributed by atoms with Crippen LogP contribution < -0.4 is 24.0 Å². The summed E-state index contributed by atoms with van der Waals surface area (Å²) in [5, 5.41) is 0. The van der Waals surface area contributed by atoms with Gasteiger partial charge in [-0.25, -0.2) is 0 Å². The first-order chi connectivity index (χ1) is 14.8. The van der Waals surface area contributed by atoms with E-state index in [0.717, 1.165) is 17.2 Å². The fourth-order valence-corrected chi connectivity index (χ4v) is 12.0. The Labute approximate surface area is 195 Å². The number of benzene rings is 3. The zero-order chi connectivity index (χ0) is 22.4. The van der Waals surface area contributed by atoms with E-state index in [1.54, 1.807) is 0 Å². The molecule has 0 spiro atoms. The molecule has 0 radical (unpaired) electrons. The second kappa shape index (κ2) is 11.0. The quantitative estimate of drug-likeness (QED) is 0.331. The van der Waals surface area contributed by atoms with Crippen molar-refractivity contribution in [2.24, 2.45) is 0 Å². The van der Waals surface area contributed by atoms with E-state index in [4.69, 9.17) is 14.2 Å². The van der Waals surface area contributed by atoms with E-state index in [9.17, 15) is 0 Å². The van der Waals surface area contributed by atoms with E-state index in [0.29, 0.717) is 0 Å². The SMILES string of the molecule is CC(C)Oc1cc[c]([Bi]([c]2ccc(OC(C)C)cc2)[c]2ccc(OC(C)C)cc2)cc1. The molecule has 3 aromatic rings. The van der Waals surface area contributed by atoms with Crippen molar-refractivity contribution in [1.29, 1.82) is 0 Å². The molecular formula is C27H33BiO3. The van der Waals surface area contributed by atoms with Gasteiger partial charge < -0.3 is 0 Å². The molecule has 0 unspecified atom stereocenters. The standard InChI is InChI=1S/3C9H11O.Bi/c3*1-8(2)10-9-6-4-3-5-7-9;/h3*4-8H,1-2H3;. The number of hydrogen-bond acceptors (Lipinski definition) is 3. The summed E-state index contributed by atoms with van der Waals surface area (Å²) in [5.74, 6) is 2.76. The van der Waals surface area contributed by atoms with E-state index in [1.165, 1.54) is 9.81 Å². The van der Waals surface area contributed by atoms with Crippen LogP contribution in [0.3, 0.4) is 0 Å². The molecule has 0 aliphatic carbocycles. The number of ether oxygens (including phenoxy) is 3. The van der Waals surface area contributed by atoms with E-state index < -0.39 is 21.8 Å². The summed E-state index contributed by atoms with van der Waals surface area (Å²) >= 11 is -2.46. The maximum absolute atomic E-state index is 5.86. The molecule has 0 heterocycles. The third-order valence-corrected chi connectivity index (χ3v) is 13.9. The van der Waals surface area contributed by atoms with Crippen LogP contribution in [0.1, 0.15) is 41.5 Å². The molecule has 0 saturated carbocycles. The summed E-state index contributed by atoms with van der Waals surface area (Å²) < 4.78 is 21.8. The second-order valence-electron chi connectivity index (χ2n) is 8.32. The minimum absolute atomic E-state index is 0.173. The topological polar surface area (TPSA) is 27.7 Å². The van der Waals surface area contributed by atoms with Gasteiger partial charge in [-0.05, 0) is 0 Å². The summed E-state index contributed by atoms with van der Waals surface area (Å²) in [6.07, 6.45) is 0.518. The molecule has 4 heteroatoms. The van der Waals surface area contributed by atoms with Crippen LogP contribution in [0.15, 0.2) is 72.8 Å². The van der Waals surface area contributed by atoms with E-state index in [2.05, 4.69) is 114 Å². The fourth-order valence-electron chi connectivity index (χ4n) is 3.29. The summed E-state index contributed by atoms with van der Waals surface area (Å²) in [6, 6.07) is 26.1. The molecule has 0 atom stereocenters.